The maximum atomic E-state index is 13.3. The minimum atomic E-state index is -4.01. The van der Waals surface area contributed by atoms with Crippen LogP contribution in [0.4, 0.5) is 10.1 Å². The summed E-state index contributed by atoms with van der Waals surface area (Å²) in [6.07, 6.45) is 4.34. The molecule has 5 nitrogen and oxygen atoms in total. The van der Waals surface area contributed by atoms with Crippen LogP contribution in [-0.4, -0.2) is 14.3 Å². The van der Waals surface area contributed by atoms with Gasteiger partial charge in [0, 0.05) is 5.92 Å². The number of anilines is 1. The molecule has 1 aromatic carbocycles. The molecule has 3 rings (SSSR count). The molecular weight excluding hydrogens is 295 g/mol. The molecule has 1 amide bonds. The van der Waals surface area contributed by atoms with Crippen molar-refractivity contribution in [1.82, 2.24) is 0 Å². The molecule has 7 heteroatoms. The Morgan fingerprint density at radius 2 is 1.86 bits per heavy atom. The van der Waals surface area contributed by atoms with Crippen LogP contribution in [0, 0.1) is 23.6 Å². The van der Waals surface area contributed by atoms with Crippen LogP contribution in [-0.2, 0) is 14.8 Å². The van der Waals surface area contributed by atoms with Crippen LogP contribution >= 0.6 is 0 Å². The summed E-state index contributed by atoms with van der Waals surface area (Å²) in [6, 6.07) is 3.07. The van der Waals surface area contributed by atoms with Gasteiger partial charge < -0.3 is 5.32 Å². The number of carbonyl (C=O) groups is 1. The van der Waals surface area contributed by atoms with Gasteiger partial charge in [0.15, 0.2) is 0 Å². The molecule has 0 aromatic heterocycles. The molecule has 0 radical (unpaired) electrons. The van der Waals surface area contributed by atoms with Gasteiger partial charge in [0.05, 0.1) is 5.69 Å². The summed E-state index contributed by atoms with van der Waals surface area (Å²) in [5, 5.41) is 7.63. The number of carbonyl (C=O) groups excluding carboxylic acids is 1. The number of halogens is 1. The third kappa shape index (κ3) is 2.80. The van der Waals surface area contributed by atoms with Gasteiger partial charge >= 0.3 is 0 Å². The van der Waals surface area contributed by atoms with E-state index in [0.29, 0.717) is 11.8 Å². The molecule has 2 fully saturated rings. The third-order valence-electron chi connectivity index (χ3n) is 4.47. The van der Waals surface area contributed by atoms with Gasteiger partial charge in [-0.15, -0.1) is 0 Å². The highest BCUT2D eigenvalue weighted by Crippen LogP contribution is 2.55. The summed E-state index contributed by atoms with van der Waals surface area (Å²) in [6.45, 7) is 0. The highest BCUT2D eigenvalue weighted by atomic mass is 32.2. The maximum absolute atomic E-state index is 13.3. The van der Waals surface area contributed by atoms with Crippen molar-refractivity contribution in [3.05, 3.63) is 24.0 Å². The van der Waals surface area contributed by atoms with Gasteiger partial charge in [-0.1, -0.05) is 12.8 Å². The topological polar surface area (TPSA) is 89.3 Å². The number of nitrogens with one attached hydrogen (secondary N) is 1. The molecular formula is C14H17FN2O3S. The third-order valence-corrected chi connectivity index (χ3v) is 5.43. The Hall–Kier alpha value is -1.47. The van der Waals surface area contributed by atoms with E-state index in [1.54, 1.807) is 0 Å². The Labute approximate surface area is 122 Å². The Bertz CT molecular complexity index is 677. The average Bonchev–Trinajstić information content (AvgIpc) is 3.11. The monoisotopic (exact) mass is 312 g/mol. The molecule has 0 bridgehead atoms. The number of sulfonamides is 1. The van der Waals surface area contributed by atoms with E-state index in [1.165, 1.54) is 0 Å². The van der Waals surface area contributed by atoms with Crippen LogP contribution in [0.5, 0.6) is 0 Å². The van der Waals surface area contributed by atoms with Crippen molar-refractivity contribution in [2.75, 3.05) is 5.32 Å². The standard InChI is InChI=1S/C14H17FN2O3S/c15-8-5-6-12(21(16,19)20)11(7-8)17-14(18)13-9-3-1-2-4-10(9)13/h5-7,9-10,13H,1-4H2,(H,17,18)(H2,16,19,20). The zero-order chi connectivity index (χ0) is 15.2. The number of fused-ring (bicyclic) bond motifs is 1. The number of primary sulfonamides is 1. The van der Waals surface area contributed by atoms with E-state index in [2.05, 4.69) is 5.32 Å². The first-order valence-electron chi connectivity index (χ1n) is 7.01. The summed E-state index contributed by atoms with van der Waals surface area (Å²) in [7, 11) is -4.01. The molecule has 2 saturated carbocycles. The molecule has 1 aromatic rings. The van der Waals surface area contributed by atoms with E-state index < -0.39 is 15.8 Å². The molecule has 114 valence electrons. The van der Waals surface area contributed by atoms with Crippen LogP contribution in [0.25, 0.3) is 0 Å². The first kappa shape index (κ1) is 14.5. The van der Waals surface area contributed by atoms with Gasteiger partial charge in [-0.3, -0.25) is 4.79 Å². The Morgan fingerprint density at radius 1 is 1.24 bits per heavy atom. The van der Waals surface area contributed by atoms with Crippen molar-refractivity contribution < 1.29 is 17.6 Å². The minimum Gasteiger partial charge on any atom is -0.325 e. The summed E-state index contributed by atoms with van der Waals surface area (Å²) in [5.74, 6) is -0.145. The molecule has 3 N–H and O–H groups in total. The summed E-state index contributed by atoms with van der Waals surface area (Å²) in [5.41, 5.74) is -0.0776. The number of nitrogens with two attached hydrogens (primary N) is 1. The lowest BCUT2D eigenvalue weighted by atomic mass is 10.0. The number of hydrogen-bond acceptors (Lipinski definition) is 3. The number of rotatable bonds is 3. The minimum absolute atomic E-state index is 0.0776. The first-order chi connectivity index (χ1) is 9.88. The average molecular weight is 312 g/mol. The molecule has 0 spiro atoms. The lowest BCUT2D eigenvalue weighted by Crippen LogP contribution is -2.20. The van der Waals surface area contributed by atoms with Gasteiger partial charge in [0.1, 0.15) is 10.7 Å². The van der Waals surface area contributed by atoms with Crippen LogP contribution < -0.4 is 10.5 Å². The van der Waals surface area contributed by atoms with Gasteiger partial charge in [-0.25, -0.2) is 17.9 Å². The highest BCUT2D eigenvalue weighted by Gasteiger charge is 2.54. The molecule has 2 aliphatic rings. The van der Waals surface area contributed by atoms with Gasteiger partial charge in [-0.2, -0.15) is 0 Å². The van der Waals surface area contributed by atoms with Crippen molar-refractivity contribution >= 4 is 21.6 Å². The zero-order valence-corrected chi connectivity index (χ0v) is 12.2. The molecule has 2 atom stereocenters. The predicted molar refractivity (Wildman–Crippen MR) is 75.3 cm³/mol. The van der Waals surface area contributed by atoms with Crippen LogP contribution in [0.3, 0.4) is 0 Å². The number of hydrogen-bond donors (Lipinski definition) is 2. The van der Waals surface area contributed by atoms with E-state index in [0.717, 1.165) is 43.9 Å². The predicted octanol–water partition coefficient (Wildman–Crippen LogP) is 1.85. The van der Waals surface area contributed by atoms with E-state index in [4.69, 9.17) is 5.14 Å². The molecule has 0 aliphatic heterocycles. The smallest absolute Gasteiger partial charge is 0.240 e. The molecule has 0 heterocycles. The van der Waals surface area contributed by atoms with Crippen molar-refractivity contribution in [3.8, 4) is 0 Å². The van der Waals surface area contributed by atoms with Crippen molar-refractivity contribution in [1.29, 1.82) is 0 Å². The second kappa shape index (κ2) is 5.06. The van der Waals surface area contributed by atoms with Crippen LogP contribution in [0.15, 0.2) is 23.1 Å². The molecule has 2 aliphatic carbocycles. The largest absolute Gasteiger partial charge is 0.325 e. The summed E-state index contributed by atoms with van der Waals surface area (Å²) in [4.78, 5) is 12.0. The van der Waals surface area contributed by atoms with E-state index in [-0.39, 0.29) is 22.4 Å². The fraction of sp³-hybridized carbons (Fsp3) is 0.500. The second-order valence-corrected chi connectivity index (χ2v) is 7.34. The Morgan fingerprint density at radius 3 is 2.43 bits per heavy atom. The lowest BCUT2D eigenvalue weighted by Gasteiger charge is -2.09. The fourth-order valence-electron chi connectivity index (χ4n) is 3.45. The number of benzene rings is 1. The Balaban J connectivity index is 1.82. The maximum Gasteiger partial charge on any atom is 0.240 e. The van der Waals surface area contributed by atoms with Crippen molar-refractivity contribution in [3.63, 3.8) is 0 Å². The van der Waals surface area contributed by atoms with E-state index in [9.17, 15) is 17.6 Å². The van der Waals surface area contributed by atoms with Gasteiger partial charge in [0.25, 0.3) is 0 Å². The molecule has 0 saturated heterocycles. The summed E-state index contributed by atoms with van der Waals surface area (Å²) >= 11 is 0. The molecule has 2 unspecified atom stereocenters. The zero-order valence-electron chi connectivity index (χ0n) is 11.4. The van der Waals surface area contributed by atoms with Gasteiger partial charge in [-0.05, 0) is 42.9 Å². The lowest BCUT2D eigenvalue weighted by molar-refractivity contribution is -0.117. The quantitative estimate of drug-likeness (QED) is 0.892. The van der Waals surface area contributed by atoms with Crippen LogP contribution in [0.2, 0.25) is 0 Å². The fourth-order valence-corrected chi connectivity index (χ4v) is 4.12. The number of amides is 1. The normalized spacial score (nSPS) is 27.8. The van der Waals surface area contributed by atoms with E-state index in [1.807, 2.05) is 0 Å². The highest BCUT2D eigenvalue weighted by molar-refractivity contribution is 7.89. The summed E-state index contributed by atoms with van der Waals surface area (Å²) < 4.78 is 36.3. The van der Waals surface area contributed by atoms with Crippen molar-refractivity contribution in [2.24, 2.45) is 22.9 Å². The van der Waals surface area contributed by atoms with Gasteiger partial charge in [0.2, 0.25) is 15.9 Å². The Kier molecular flexibility index (Phi) is 3.49. The van der Waals surface area contributed by atoms with E-state index >= 15 is 0 Å². The van der Waals surface area contributed by atoms with Crippen LogP contribution in [0.1, 0.15) is 25.7 Å². The second-order valence-electron chi connectivity index (χ2n) is 5.81. The first-order valence-corrected chi connectivity index (χ1v) is 8.56. The SMILES string of the molecule is NS(=O)(=O)c1ccc(F)cc1NC(=O)C1C2CCCCC21. The van der Waals surface area contributed by atoms with Crippen molar-refractivity contribution in [2.45, 2.75) is 30.6 Å². The molecule has 21 heavy (non-hydrogen) atoms.